The number of rotatable bonds is 6. The number of pyridine rings is 1. The number of carbonyl (C=O) groups is 2. The second-order valence-corrected chi connectivity index (χ2v) is 4.99. The van der Waals surface area contributed by atoms with E-state index in [0.717, 1.165) is 6.08 Å². The van der Waals surface area contributed by atoms with Crippen LogP contribution in [0.2, 0.25) is 0 Å². The molecule has 0 aliphatic rings. The minimum absolute atomic E-state index is 0.0407. The molecule has 0 saturated carbocycles. The van der Waals surface area contributed by atoms with E-state index < -0.39 is 17.4 Å². The van der Waals surface area contributed by atoms with Gasteiger partial charge in [0.1, 0.15) is 18.1 Å². The summed E-state index contributed by atoms with van der Waals surface area (Å²) in [6, 6.07) is 3.35. The van der Waals surface area contributed by atoms with Crippen molar-refractivity contribution in [3.05, 3.63) is 29.6 Å². The first-order valence-corrected chi connectivity index (χ1v) is 5.97. The molecule has 0 atom stereocenters. The molecule has 1 aromatic rings. The average Bonchev–Trinajstić information content (AvgIpc) is 2.34. The van der Waals surface area contributed by atoms with Crippen molar-refractivity contribution in [1.29, 1.82) is 0 Å². The molecule has 0 spiro atoms. The molecule has 0 radical (unpaired) electrons. The lowest BCUT2D eigenvalue weighted by atomic mass is 9.95. The summed E-state index contributed by atoms with van der Waals surface area (Å²) in [5.41, 5.74) is 0.0204. The Balaban J connectivity index is 2.95. The third-order valence-electron chi connectivity index (χ3n) is 2.58. The highest BCUT2D eigenvalue weighted by Gasteiger charge is 2.28. The number of hydrogen-bond donors (Lipinski definition) is 2. The molecule has 0 aliphatic heterocycles. The highest BCUT2D eigenvalue weighted by atomic mass is 16.5. The molecule has 0 fully saturated rings. The van der Waals surface area contributed by atoms with Gasteiger partial charge in [-0.3, -0.25) is 4.79 Å². The predicted octanol–water partition coefficient (Wildman–Crippen LogP) is 1.98. The second-order valence-electron chi connectivity index (χ2n) is 4.99. The second kappa shape index (κ2) is 6.18. The molecule has 108 valence electrons. The molecular formula is C14H17NO5. The van der Waals surface area contributed by atoms with Crippen molar-refractivity contribution in [2.75, 3.05) is 6.61 Å². The first-order chi connectivity index (χ1) is 9.22. The summed E-state index contributed by atoms with van der Waals surface area (Å²) in [7, 11) is 0. The van der Waals surface area contributed by atoms with E-state index in [0.29, 0.717) is 17.1 Å². The molecule has 0 saturated heterocycles. The molecule has 1 aromatic heterocycles. The Morgan fingerprint density at radius 1 is 1.35 bits per heavy atom. The van der Waals surface area contributed by atoms with Gasteiger partial charge < -0.3 is 14.9 Å². The van der Waals surface area contributed by atoms with Crippen LogP contribution >= 0.6 is 0 Å². The Morgan fingerprint density at radius 2 is 2.00 bits per heavy atom. The summed E-state index contributed by atoms with van der Waals surface area (Å²) >= 11 is 0. The van der Waals surface area contributed by atoms with Gasteiger partial charge in [-0.15, -0.1) is 0 Å². The molecule has 6 heteroatoms. The van der Waals surface area contributed by atoms with Gasteiger partial charge in [0.25, 0.3) is 0 Å². The van der Waals surface area contributed by atoms with E-state index in [1.54, 1.807) is 32.9 Å². The third kappa shape index (κ3) is 4.38. The molecule has 0 unspecified atom stereocenters. The van der Waals surface area contributed by atoms with Gasteiger partial charge in [0, 0.05) is 11.8 Å². The van der Waals surface area contributed by atoms with E-state index in [1.807, 2.05) is 0 Å². The lowest BCUT2D eigenvalue weighted by molar-refractivity contribution is -0.148. The average molecular weight is 279 g/mol. The van der Waals surface area contributed by atoms with Crippen LogP contribution in [0.5, 0.6) is 5.75 Å². The highest BCUT2D eigenvalue weighted by Crippen LogP contribution is 2.22. The molecule has 0 bridgehead atoms. The first-order valence-electron chi connectivity index (χ1n) is 5.97. The molecule has 1 heterocycles. The number of aromatic nitrogens is 1. The lowest BCUT2D eigenvalue weighted by Gasteiger charge is -2.20. The predicted molar refractivity (Wildman–Crippen MR) is 72.6 cm³/mol. The van der Waals surface area contributed by atoms with Crippen molar-refractivity contribution < 1.29 is 24.5 Å². The summed E-state index contributed by atoms with van der Waals surface area (Å²) in [6.07, 6.45) is 2.27. The summed E-state index contributed by atoms with van der Waals surface area (Å²) in [5, 5.41) is 17.7. The van der Waals surface area contributed by atoms with Gasteiger partial charge in [-0.2, -0.15) is 0 Å². The summed E-state index contributed by atoms with van der Waals surface area (Å²) in [5.74, 6) is -1.72. The molecule has 6 nitrogen and oxygen atoms in total. The number of nitrogens with zero attached hydrogens (tertiary/aromatic N) is 1. The van der Waals surface area contributed by atoms with E-state index in [1.165, 1.54) is 6.08 Å². The fourth-order valence-corrected chi connectivity index (χ4v) is 1.28. The normalized spacial score (nSPS) is 11.6. The standard InChI is InChI=1S/C14H17NO5/c1-9-4-6-11(10(15-9)5-7-12(16)17)20-8-14(2,3)13(18)19/h4-7H,8H2,1-3H3,(H,16,17)(H,18,19). The summed E-state index contributed by atoms with van der Waals surface area (Å²) in [6.45, 7) is 4.82. The van der Waals surface area contributed by atoms with Crippen molar-refractivity contribution >= 4 is 18.0 Å². The van der Waals surface area contributed by atoms with Gasteiger partial charge in [0.2, 0.25) is 0 Å². The number of ether oxygens (including phenoxy) is 1. The van der Waals surface area contributed by atoms with Crippen molar-refractivity contribution in [1.82, 2.24) is 4.98 Å². The van der Waals surface area contributed by atoms with Crippen molar-refractivity contribution in [2.24, 2.45) is 5.41 Å². The Hall–Kier alpha value is -2.37. The monoisotopic (exact) mass is 279 g/mol. The van der Waals surface area contributed by atoms with Gasteiger partial charge in [0.05, 0.1) is 5.41 Å². The van der Waals surface area contributed by atoms with Gasteiger partial charge in [0.15, 0.2) is 0 Å². The van der Waals surface area contributed by atoms with Crippen LogP contribution in [-0.4, -0.2) is 33.7 Å². The minimum atomic E-state index is -1.09. The Bertz CT molecular complexity index is 548. The zero-order valence-corrected chi connectivity index (χ0v) is 11.6. The maximum absolute atomic E-state index is 11.0. The van der Waals surface area contributed by atoms with Gasteiger partial charge in [-0.25, -0.2) is 9.78 Å². The number of carboxylic acids is 2. The SMILES string of the molecule is Cc1ccc(OCC(C)(C)C(=O)O)c(C=CC(=O)O)n1. The maximum Gasteiger partial charge on any atom is 0.328 e. The van der Waals surface area contributed by atoms with Crippen molar-refractivity contribution in [3.8, 4) is 5.75 Å². The van der Waals surface area contributed by atoms with Gasteiger partial charge >= 0.3 is 11.9 Å². The van der Waals surface area contributed by atoms with Crippen LogP contribution in [-0.2, 0) is 9.59 Å². The smallest absolute Gasteiger partial charge is 0.328 e. The zero-order chi connectivity index (χ0) is 15.3. The number of aliphatic carboxylic acids is 2. The Kier molecular flexibility index (Phi) is 4.85. The molecule has 20 heavy (non-hydrogen) atoms. The van der Waals surface area contributed by atoms with E-state index in [-0.39, 0.29) is 6.61 Å². The minimum Gasteiger partial charge on any atom is -0.490 e. The molecule has 1 rings (SSSR count). The van der Waals surface area contributed by atoms with Crippen molar-refractivity contribution in [3.63, 3.8) is 0 Å². The van der Waals surface area contributed by atoms with Crippen LogP contribution in [0, 0.1) is 12.3 Å². The maximum atomic E-state index is 11.0. The number of aryl methyl sites for hydroxylation is 1. The number of hydrogen-bond acceptors (Lipinski definition) is 4. The van der Waals surface area contributed by atoms with E-state index in [4.69, 9.17) is 14.9 Å². The first kappa shape index (κ1) is 15.7. The van der Waals surface area contributed by atoms with E-state index >= 15 is 0 Å². The largest absolute Gasteiger partial charge is 0.490 e. The Labute approximate surface area is 116 Å². The van der Waals surface area contributed by atoms with Crippen LogP contribution in [0.15, 0.2) is 18.2 Å². The molecule has 2 N–H and O–H groups in total. The fraction of sp³-hybridized carbons (Fsp3) is 0.357. The van der Waals surface area contributed by atoms with Crippen LogP contribution in [0.4, 0.5) is 0 Å². The molecule has 0 amide bonds. The summed E-state index contributed by atoms with van der Waals surface area (Å²) < 4.78 is 5.46. The van der Waals surface area contributed by atoms with Crippen LogP contribution in [0.3, 0.4) is 0 Å². The zero-order valence-electron chi connectivity index (χ0n) is 11.6. The van der Waals surface area contributed by atoms with Gasteiger partial charge in [-0.1, -0.05) is 0 Å². The number of carboxylic acid groups (broad SMARTS) is 2. The third-order valence-corrected chi connectivity index (χ3v) is 2.58. The molecule has 0 aromatic carbocycles. The lowest BCUT2D eigenvalue weighted by Crippen LogP contribution is -2.30. The van der Waals surface area contributed by atoms with E-state index in [2.05, 4.69) is 4.98 Å². The highest BCUT2D eigenvalue weighted by molar-refractivity contribution is 5.85. The quantitative estimate of drug-likeness (QED) is 0.773. The van der Waals surface area contributed by atoms with Crippen LogP contribution in [0.25, 0.3) is 6.08 Å². The van der Waals surface area contributed by atoms with Crippen molar-refractivity contribution in [2.45, 2.75) is 20.8 Å². The van der Waals surface area contributed by atoms with Crippen LogP contribution in [0.1, 0.15) is 25.2 Å². The molecule has 0 aliphatic carbocycles. The Morgan fingerprint density at radius 3 is 2.55 bits per heavy atom. The van der Waals surface area contributed by atoms with Crippen LogP contribution < -0.4 is 4.74 Å². The van der Waals surface area contributed by atoms with E-state index in [9.17, 15) is 9.59 Å². The summed E-state index contributed by atoms with van der Waals surface area (Å²) in [4.78, 5) is 25.7. The topological polar surface area (TPSA) is 96.7 Å². The van der Waals surface area contributed by atoms with Gasteiger partial charge in [-0.05, 0) is 39.0 Å². The molecular weight excluding hydrogens is 262 g/mol. The fourth-order valence-electron chi connectivity index (χ4n) is 1.28.